The molecule has 1 fully saturated rings. The second-order valence-corrected chi connectivity index (χ2v) is 9.64. The van der Waals surface area contributed by atoms with Gasteiger partial charge in [-0.05, 0) is 25.0 Å². The number of piperazine rings is 1. The van der Waals surface area contributed by atoms with Gasteiger partial charge in [0.25, 0.3) is 10.0 Å². The number of carbonyl (C=O) groups excluding carboxylic acids is 1. The van der Waals surface area contributed by atoms with Crippen molar-refractivity contribution in [3.63, 3.8) is 0 Å². The molecular formula is C18H23N3O5S2. The van der Waals surface area contributed by atoms with Crippen molar-refractivity contribution in [3.05, 3.63) is 45.2 Å². The first-order valence-corrected chi connectivity index (χ1v) is 11.2. The van der Waals surface area contributed by atoms with E-state index in [1.54, 1.807) is 18.9 Å². The Kier molecular flexibility index (Phi) is 6.21. The number of benzene rings is 1. The van der Waals surface area contributed by atoms with Crippen LogP contribution in [0.25, 0.3) is 0 Å². The summed E-state index contributed by atoms with van der Waals surface area (Å²) in [6.45, 7) is 2.68. The van der Waals surface area contributed by atoms with Crippen LogP contribution in [0.15, 0.2) is 33.3 Å². The lowest BCUT2D eigenvalue weighted by atomic mass is 10.1. The van der Waals surface area contributed by atoms with E-state index in [4.69, 9.17) is 4.74 Å². The lowest BCUT2D eigenvalue weighted by molar-refractivity contribution is -0.132. The molecule has 1 aromatic heterocycles. The summed E-state index contributed by atoms with van der Waals surface area (Å²) in [6.07, 6.45) is 0.906. The van der Waals surface area contributed by atoms with Gasteiger partial charge in [-0.25, -0.2) is 8.42 Å². The first-order valence-electron chi connectivity index (χ1n) is 8.92. The van der Waals surface area contributed by atoms with Gasteiger partial charge in [0.1, 0.15) is 5.75 Å². The van der Waals surface area contributed by atoms with E-state index in [2.05, 4.69) is 4.98 Å². The molecule has 28 heavy (non-hydrogen) atoms. The number of aryl methyl sites for hydroxylation is 2. The third kappa shape index (κ3) is 4.29. The van der Waals surface area contributed by atoms with Gasteiger partial charge in [0.05, 0.1) is 7.11 Å². The molecule has 1 N–H and O–H groups in total. The highest BCUT2D eigenvalue weighted by molar-refractivity contribution is 7.91. The molecule has 2 heterocycles. The summed E-state index contributed by atoms with van der Waals surface area (Å²) >= 11 is 0.698. The summed E-state index contributed by atoms with van der Waals surface area (Å²) in [7, 11) is -2.12. The van der Waals surface area contributed by atoms with Crippen molar-refractivity contribution in [1.82, 2.24) is 14.2 Å². The average molecular weight is 426 g/mol. The van der Waals surface area contributed by atoms with E-state index in [9.17, 15) is 18.0 Å². The summed E-state index contributed by atoms with van der Waals surface area (Å²) in [5.74, 6) is 0.748. The molecule has 2 aromatic rings. The molecule has 1 saturated heterocycles. The number of carbonyl (C=O) groups is 1. The van der Waals surface area contributed by atoms with Crippen LogP contribution in [-0.2, 0) is 21.2 Å². The topological polar surface area (TPSA) is 99.8 Å². The van der Waals surface area contributed by atoms with Crippen molar-refractivity contribution in [3.8, 4) is 5.75 Å². The van der Waals surface area contributed by atoms with Gasteiger partial charge in [0, 0.05) is 38.3 Å². The van der Waals surface area contributed by atoms with E-state index in [0.717, 1.165) is 11.3 Å². The third-order valence-electron chi connectivity index (χ3n) is 4.75. The first-order chi connectivity index (χ1) is 13.3. The molecule has 1 aliphatic rings. The van der Waals surface area contributed by atoms with Gasteiger partial charge in [-0.15, -0.1) is 0 Å². The van der Waals surface area contributed by atoms with Gasteiger partial charge in [0.2, 0.25) is 5.91 Å². The number of amides is 1. The van der Waals surface area contributed by atoms with Crippen LogP contribution in [0.5, 0.6) is 5.75 Å². The molecule has 0 saturated carbocycles. The fourth-order valence-corrected chi connectivity index (χ4v) is 6.10. The van der Waals surface area contributed by atoms with Gasteiger partial charge in [-0.3, -0.25) is 9.59 Å². The zero-order chi connectivity index (χ0) is 20.3. The van der Waals surface area contributed by atoms with Crippen molar-refractivity contribution >= 4 is 27.3 Å². The highest BCUT2D eigenvalue weighted by Gasteiger charge is 2.32. The van der Waals surface area contributed by atoms with Crippen LogP contribution in [0.2, 0.25) is 0 Å². The van der Waals surface area contributed by atoms with Gasteiger partial charge in [-0.2, -0.15) is 4.31 Å². The SMILES string of the molecule is COc1ccccc1CCC(=O)N1CCN(S(=O)(=O)c2sc(=O)[nH]c2C)CC1. The number of ether oxygens (including phenoxy) is 1. The van der Waals surface area contributed by atoms with E-state index in [1.807, 2.05) is 24.3 Å². The van der Waals surface area contributed by atoms with Crippen LogP contribution in [-0.4, -0.2) is 61.8 Å². The normalized spacial score (nSPS) is 15.6. The molecule has 0 bridgehead atoms. The Balaban J connectivity index is 1.58. The summed E-state index contributed by atoms with van der Waals surface area (Å²) in [5, 5.41) is 0. The minimum atomic E-state index is -3.72. The minimum Gasteiger partial charge on any atom is -0.496 e. The molecular weight excluding hydrogens is 402 g/mol. The standard InChI is InChI=1S/C18H23N3O5S2/c1-13-17(27-18(23)19-13)28(24,25)21-11-9-20(10-12-21)16(22)8-7-14-5-3-4-6-15(14)26-2/h3-6H,7-12H2,1-2H3,(H,19,23). The van der Waals surface area contributed by atoms with E-state index < -0.39 is 10.0 Å². The molecule has 0 spiro atoms. The van der Waals surface area contributed by atoms with Crippen LogP contribution < -0.4 is 9.61 Å². The van der Waals surface area contributed by atoms with Crippen molar-refractivity contribution in [2.24, 2.45) is 0 Å². The van der Waals surface area contributed by atoms with Gasteiger partial charge in [0.15, 0.2) is 4.21 Å². The Bertz CT molecular complexity index is 1000. The number of para-hydroxylation sites is 1. The molecule has 0 unspecified atom stereocenters. The first kappa shape index (κ1) is 20.6. The van der Waals surface area contributed by atoms with Crippen molar-refractivity contribution in [2.45, 2.75) is 24.0 Å². The Morgan fingerprint density at radius 1 is 1.21 bits per heavy atom. The summed E-state index contributed by atoms with van der Waals surface area (Å²) < 4.78 is 32.2. The number of nitrogens with zero attached hydrogens (tertiary/aromatic N) is 2. The lowest BCUT2D eigenvalue weighted by Crippen LogP contribution is -2.50. The molecule has 152 valence electrons. The molecule has 0 atom stereocenters. The lowest BCUT2D eigenvalue weighted by Gasteiger charge is -2.33. The molecule has 1 aliphatic heterocycles. The molecule has 3 rings (SSSR count). The highest BCUT2D eigenvalue weighted by atomic mass is 32.2. The fraction of sp³-hybridized carbons (Fsp3) is 0.444. The van der Waals surface area contributed by atoms with Gasteiger partial charge < -0.3 is 14.6 Å². The fourth-order valence-electron chi connectivity index (χ4n) is 3.24. The number of methoxy groups -OCH3 is 1. The van der Waals surface area contributed by atoms with Crippen LogP contribution in [0.4, 0.5) is 0 Å². The predicted octanol–water partition coefficient (Wildman–Crippen LogP) is 1.22. The molecule has 10 heteroatoms. The number of hydrogen-bond donors (Lipinski definition) is 1. The Labute approximate surface area is 167 Å². The molecule has 0 radical (unpaired) electrons. The predicted molar refractivity (Wildman–Crippen MR) is 106 cm³/mol. The van der Waals surface area contributed by atoms with Gasteiger partial charge >= 0.3 is 4.87 Å². The van der Waals surface area contributed by atoms with Crippen molar-refractivity contribution in [2.75, 3.05) is 33.3 Å². The van der Waals surface area contributed by atoms with Crippen LogP contribution >= 0.6 is 11.3 Å². The maximum absolute atomic E-state index is 12.7. The van der Waals surface area contributed by atoms with Crippen molar-refractivity contribution in [1.29, 1.82) is 0 Å². The van der Waals surface area contributed by atoms with Crippen LogP contribution in [0, 0.1) is 6.92 Å². The van der Waals surface area contributed by atoms with E-state index in [0.29, 0.717) is 43.0 Å². The number of thiazole rings is 1. The number of sulfonamides is 1. The monoisotopic (exact) mass is 425 g/mol. The third-order valence-corrected chi connectivity index (χ3v) is 8.23. The van der Waals surface area contributed by atoms with Crippen LogP contribution in [0.3, 0.4) is 0 Å². The Morgan fingerprint density at radius 2 is 1.89 bits per heavy atom. The number of hydrogen-bond acceptors (Lipinski definition) is 6. The molecule has 1 aromatic carbocycles. The highest BCUT2D eigenvalue weighted by Crippen LogP contribution is 2.23. The maximum Gasteiger partial charge on any atom is 0.305 e. The quantitative estimate of drug-likeness (QED) is 0.750. The van der Waals surface area contributed by atoms with Crippen molar-refractivity contribution < 1.29 is 17.9 Å². The maximum atomic E-state index is 12.7. The smallest absolute Gasteiger partial charge is 0.305 e. The summed E-state index contributed by atoms with van der Waals surface area (Å²) in [5.41, 5.74) is 1.32. The van der Waals surface area contributed by atoms with E-state index in [1.165, 1.54) is 4.31 Å². The zero-order valence-electron chi connectivity index (χ0n) is 15.8. The summed E-state index contributed by atoms with van der Waals surface area (Å²) in [6, 6.07) is 7.58. The molecule has 0 aliphatic carbocycles. The average Bonchev–Trinajstić information content (AvgIpc) is 3.05. The Morgan fingerprint density at radius 3 is 2.50 bits per heavy atom. The number of rotatable bonds is 6. The minimum absolute atomic E-state index is 0.00886. The van der Waals surface area contributed by atoms with Gasteiger partial charge in [-0.1, -0.05) is 29.5 Å². The number of H-pyrrole nitrogens is 1. The van der Waals surface area contributed by atoms with Crippen LogP contribution in [0.1, 0.15) is 17.7 Å². The zero-order valence-corrected chi connectivity index (χ0v) is 17.4. The second-order valence-electron chi connectivity index (χ2n) is 6.52. The summed E-state index contributed by atoms with van der Waals surface area (Å²) in [4.78, 5) is 27.8. The largest absolute Gasteiger partial charge is 0.496 e. The number of nitrogens with one attached hydrogen (secondary N) is 1. The number of aromatic amines is 1. The molecule has 1 amide bonds. The van der Waals surface area contributed by atoms with E-state index in [-0.39, 0.29) is 28.1 Å². The molecule has 8 nitrogen and oxygen atoms in total. The number of aromatic nitrogens is 1. The Hall–Kier alpha value is -2.17. The second kappa shape index (κ2) is 8.46. The van der Waals surface area contributed by atoms with E-state index >= 15 is 0 Å².